The third-order valence-corrected chi connectivity index (χ3v) is 5.85. The normalized spacial score (nSPS) is 13.8. The summed E-state index contributed by atoms with van der Waals surface area (Å²) in [6.07, 6.45) is 4.34. The van der Waals surface area contributed by atoms with Gasteiger partial charge in [0.25, 0.3) is 5.56 Å². The van der Waals surface area contributed by atoms with Crippen LogP contribution in [0, 0.1) is 0 Å². The number of rotatable bonds is 5. The van der Waals surface area contributed by atoms with E-state index in [1.165, 1.54) is 7.11 Å². The number of aromatic amines is 1. The van der Waals surface area contributed by atoms with Crippen molar-refractivity contribution in [2.24, 2.45) is 0 Å². The number of benzene rings is 1. The highest BCUT2D eigenvalue weighted by molar-refractivity contribution is 5.85. The number of nitrogens with zero attached hydrogens (tertiary/aromatic N) is 4. The summed E-state index contributed by atoms with van der Waals surface area (Å²) in [5.41, 5.74) is 4.22. The van der Waals surface area contributed by atoms with Gasteiger partial charge < -0.3 is 14.3 Å². The lowest BCUT2D eigenvalue weighted by molar-refractivity contribution is -0.141. The molecule has 0 saturated heterocycles. The minimum absolute atomic E-state index is 0.0926. The van der Waals surface area contributed by atoms with Crippen LogP contribution >= 0.6 is 0 Å². The molecule has 0 saturated carbocycles. The van der Waals surface area contributed by atoms with Gasteiger partial charge in [-0.05, 0) is 30.2 Å². The van der Waals surface area contributed by atoms with E-state index in [2.05, 4.69) is 20.9 Å². The zero-order valence-corrected chi connectivity index (χ0v) is 17.7. The van der Waals surface area contributed by atoms with E-state index in [-0.39, 0.29) is 18.1 Å². The van der Waals surface area contributed by atoms with E-state index in [1.807, 2.05) is 47.2 Å². The van der Waals surface area contributed by atoms with Crippen LogP contribution in [0.1, 0.15) is 16.8 Å². The van der Waals surface area contributed by atoms with Gasteiger partial charge in [-0.2, -0.15) is 0 Å². The van der Waals surface area contributed by atoms with Gasteiger partial charge in [0.1, 0.15) is 12.2 Å². The van der Waals surface area contributed by atoms with Gasteiger partial charge in [-0.1, -0.05) is 24.3 Å². The van der Waals surface area contributed by atoms with Crippen molar-refractivity contribution in [2.45, 2.75) is 26.1 Å². The highest BCUT2D eigenvalue weighted by Crippen LogP contribution is 2.25. The van der Waals surface area contributed by atoms with Crippen LogP contribution in [0.2, 0.25) is 0 Å². The second kappa shape index (κ2) is 8.39. The molecule has 0 atom stereocenters. The number of methoxy groups -OCH3 is 1. The molecule has 162 valence electrons. The Morgan fingerprint density at radius 2 is 2.03 bits per heavy atom. The zero-order chi connectivity index (χ0) is 22.1. The number of pyridine rings is 1. The van der Waals surface area contributed by atoms with Gasteiger partial charge in [0.15, 0.2) is 5.82 Å². The molecule has 1 aliphatic rings. The number of H-pyrrole nitrogens is 1. The van der Waals surface area contributed by atoms with Gasteiger partial charge in [-0.25, -0.2) is 4.98 Å². The SMILES string of the molecule is COC(=O)Cn1cc(CN2CCc3c(nc(-c4ccccn4)[nH]c3=O)C2)c2ccccc21. The Morgan fingerprint density at radius 1 is 1.19 bits per heavy atom. The Morgan fingerprint density at radius 3 is 2.84 bits per heavy atom. The molecular weight excluding hydrogens is 406 g/mol. The van der Waals surface area contributed by atoms with E-state index in [0.717, 1.165) is 34.3 Å². The first-order chi connectivity index (χ1) is 15.6. The summed E-state index contributed by atoms with van der Waals surface area (Å²) in [7, 11) is 1.40. The second-order valence-electron chi connectivity index (χ2n) is 7.89. The summed E-state index contributed by atoms with van der Waals surface area (Å²) in [5, 5.41) is 1.11. The number of aromatic nitrogens is 4. The maximum absolute atomic E-state index is 12.6. The van der Waals surface area contributed by atoms with Crippen molar-refractivity contribution in [3.8, 4) is 11.5 Å². The number of carbonyl (C=O) groups is 1. The predicted octanol–water partition coefficient (Wildman–Crippen LogP) is 2.52. The van der Waals surface area contributed by atoms with Crippen LogP contribution in [-0.4, -0.2) is 44.0 Å². The van der Waals surface area contributed by atoms with Crippen molar-refractivity contribution >= 4 is 16.9 Å². The maximum Gasteiger partial charge on any atom is 0.325 e. The molecule has 0 bridgehead atoms. The summed E-state index contributed by atoms with van der Waals surface area (Å²) in [6.45, 7) is 2.21. The van der Waals surface area contributed by atoms with Gasteiger partial charge in [-0.3, -0.25) is 19.5 Å². The Balaban J connectivity index is 1.43. The van der Waals surface area contributed by atoms with Crippen molar-refractivity contribution in [1.29, 1.82) is 0 Å². The van der Waals surface area contributed by atoms with Gasteiger partial charge >= 0.3 is 5.97 Å². The molecule has 8 heteroatoms. The fourth-order valence-electron chi connectivity index (χ4n) is 4.28. The van der Waals surface area contributed by atoms with E-state index in [4.69, 9.17) is 9.72 Å². The fraction of sp³-hybridized carbons (Fsp3) is 0.250. The molecule has 0 aliphatic carbocycles. The predicted molar refractivity (Wildman–Crippen MR) is 120 cm³/mol. The van der Waals surface area contributed by atoms with Gasteiger partial charge in [0.05, 0.1) is 12.8 Å². The van der Waals surface area contributed by atoms with E-state index < -0.39 is 0 Å². The molecule has 4 aromatic rings. The van der Waals surface area contributed by atoms with Crippen LogP contribution in [0.25, 0.3) is 22.4 Å². The van der Waals surface area contributed by atoms with E-state index >= 15 is 0 Å². The molecule has 0 unspecified atom stereocenters. The monoisotopic (exact) mass is 429 g/mol. The largest absolute Gasteiger partial charge is 0.468 e. The minimum atomic E-state index is -0.283. The molecule has 0 spiro atoms. The molecular formula is C24H23N5O3. The van der Waals surface area contributed by atoms with Crippen LogP contribution in [0.4, 0.5) is 0 Å². The summed E-state index contributed by atoms with van der Waals surface area (Å²) >= 11 is 0. The molecule has 5 rings (SSSR count). The number of hydrogen-bond acceptors (Lipinski definition) is 6. The summed E-state index contributed by atoms with van der Waals surface area (Å²) in [6, 6.07) is 13.6. The molecule has 3 aromatic heterocycles. The zero-order valence-electron chi connectivity index (χ0n) is 17.7. The lowest BCUT2D eigenvalue weighted by Gasteiger charge is -2.27. The molecule has 1 aromatic carbocycles. The Labute approximate surface area is 184 Å². The van der Waals surface area contributed by atoms with Crippen molar-refractivity contribution in [1.82, 2.24) is 24.4 Å². The summed E-state index contributed by atoms with van der Waals surface area (Å²) < 4.78 is 6.77. The molecule has 0 amide bonds. The number of nitrogens with one attached hydrogen (secondary N) is 1. The van der Waals surface area contributed by atoms with Crippen LogP contribution in [-0.2, 0) is 35.6 Å². The van der Waals surface area contributed by atoms with Crippen LogP contribution in [0.3, 0.4) is 0 Å². The number of para-hydroxylation sites is 1. The Kier molecular flexibility index (Phi) is 5.28. The topological polar surface area (TPSA) is 93.1 Å². The summed E-state index contributed by atoms with van der Waals surface area (Å²) in [4.78, 5) is 38.7. The van der Waals surface area contributed by atoms with Crippen LogP contribution < -0.4 is 5.56 Å². The first-order valence-corrected chi connectivity index (χ1v) is 10.5. The number of esters is 1. The first kappa shape index (κ1) is 20.1. The average molecular weight is 429 g/mol. The number of ether oxygens (including phenoxy) is 1. The molecule has 32 heavy (non-hydrogen) atoms. The van der Waals surface area contributed by atoms with Crippen LogP contribution in [0.15, 0.2) is 59.7 Å². The highest BCUT2D eigenvalue weighted by Gasteiger charge is 2.23. The molecule has 8 nitrogen and oxygen atoms in total. The molecule has 1 N–H and O–H groups in total. The standard InChI is InChI=1S/C24H23N5O3/c1-32-22(30)15-29-13-16(17-6-2-3-8-21(17)29)12-28-11-9-18-20(14-28)26-23(27-24(18)31)19-7-4-5-10-25-19/h2-8,10,13H,9,11-12,14-15H2,1H3,(H,26,27,31). The molecule has 1 aliphatic heterocycles. The van der Waals surface area contributed by atoms with Crippen LogP contribution in [0.5, 0.6) is 0 Å². The molecule has 4 heterocycles. The minimum Gasteiger partial charge on any atom is -0.468 e. The number of hydrogen-bond donors (Lipinski definition) is 1. The van der Waals surface area contributed by atoms with Crippen molar-refractivity contribution in [3.05, 3.63) is 82.0 Å². The first-order valence-electron chi connectivity index (χ1n) is 10.5. The van der Waals surface area contributed by atoms with Gasteiger partial charge in [-0.15, -0.1) is 0 Å². The third-order valence-electron chi connectivity index (χ3n) is 5.85. The van der Waals surface area contributed by atoms with Gasteiger partial charge in [0, 0.05) is 48.5 Å². The van der Waals surface area contributed by atoms with Crippen molar-refractivity contribution < 1.29 is 9.53 Å². The number of fused-ring (bicyclic) bond motifs is 2. The van der Waals surface area contributed by atoms with E-state index in [9.17, 15) is 9.59 Å². The van der Waals surface area contributed by atoms with Crippen molar-refractivity contribution in [3.63, 3.8) is 0 Å². The van der Waals surface area contributed by atoms with Crippen molar-refractivity contribution in [2.75, 3.05) is 13.7 Å². The Bertz CT molecular complexity index is 1340. The molecule has 0 radical (unpaired) electrons. The summed E-state index contributed by atoms with van der Waals surface area (Å²) in [5.74, 6) is 0.209. The van der Waals surface area contributed by atoms with Gasteiger partial charge in [0.2, 0.25) is 0 Å². The lowest BCUT2D eigenvalue weighted by atomic mass is 10.1. The smallest absolute Gasteiger partial charge is 0.325 e. The third kappa shape index (κ3) is 3.80. The molecule has 0 fully saturated rings. The Hall–Kier alpha value is -3.78. The second-order valence-corrected chi connectivity index (χ2v) is 7.89. The van der Waals surface area contributed by atoms with E-state index in [0.29, 0.717) is 31.0 Å². The lowest BCUT2D eigenvalue weighted by Crippen LogP contribution is -2.35. The maximum atomic E-state index is 12.6. The van der Waals surface area contributed by atoms with E-state index in [1.54, 1.807) is 6.20 Å². The average Bonchev–Trinajstić information content (AvgIpc) is 3.16. The quantitative estimate of drug-likeness (QED) is 0.490. The highest BCUT2D eigenvalue weighted by atomic mass is 16.5. The number of carbonyl (C=O) groups excluding carboxylic acids is 1. The fourth-order valence-corrected chi connectivity index (χ4v) is 4.28.